The Balaban J connectivity index is 2.36. The summed E-state index contributed by atoms with van der Waals surface area (Å²) in [4.78, 5) is 23.4. The monoisotopic (exact) mass is 333 g/mol. The van der Waals surface area contributed by atoms with E-state index < -0.39 is 5.79 Å². The molecule has 0 aromatic heterocycles. The van der Waals surface area contributed by atoms with Crippen LogP contribution in [0, 0.1) is 0 Å². The lowest BCUT2D eigenvalue weighted by molar-refractivity contribution is -0.177. The standard InChI is InChI=1S/C15H28NO5P/c1-12(2)21-14(18)5-7-15(19-9-10-20-15)6-4-13(17)16-8-3-11-22/h12H,3-11,22H2,1-2H3,(H,16,17). The zero-order valence-corrected chi connectivity index (χ0v) is 14.7. The molecule has 1 aliphatic heterocycles. The van der Waals surface area contributed by atoms with Gasteiger partial charge >= 0.3 is 5.97 Å². The Morgan fingerprint density at radius 3 is 2.45 bits per heavy atom. The minimum Gasteiger partial charge on any atom is -0.463 e. The molecule has 0 aromatic carbocycles. The molecular weight excluding hydrogens is 305 g/mol. The van der Waals surface area contributed by atoms with Gasteiger partial charge in [0.15, 0.2) is 5.79 Å². The lowest BCUT2D eigenvalue weighted by atomic mass is 10.0. The third kappa shape index (κ3) is 7.52. The first-order valence-corrected chi connectivity index (χ1v) is 8.73. The smallest absolute Gasteiger partial charge is 0.306 e. The molecule has 1 fully saturated rings. The third-order valence-corrected chi connectivity index (χ3v) is 3.74. The van der Waals surface area contributed by atoms with E-state index in [0.29, 0.717) is 39.0 Å². The van der Waals surface area contributed by atoms with Crippen LogP contribution in [0.2, 0.25) is 0 Å². The van der Waals surface area contributed by atoms with Crippen LogP contribution in [0.15, 0.2) is 0 Å². The number of amides is 1. The van der Waals surface area contributed by atoms with Gasteiger partial charge < -0.3 is 19.5 Å². The van der Waals surface area contributed by atoms with Gasteiger partial charge in [-0.15, -0.1) is 9.24 Å². The van der Waals surface area contributed by atoms with Gasteiger partial charge in [-0.2, -0.15) is 0 Å². The number of hydrogen-bond donors (Lipinski definition) is 1. The van der Waals surface area contributed by atoms with Crippen LogP contribution in [0.4, 0.5) is 0 Å². The van der Waals surface area contributed by atoms with Crippen LogP contribution >= 0.6 is 9.24 Å². The normalized spacial score (nSPS) is 16.7. The molecule has 0 spiro atoms. The molecule has 1 rings (SSSR count). The first-order chi connectivity index (χ1) is 10.5. The number of hydrogen-bond acceptors (Lipinski definition) is 5. The average molecular weight is 333 g/mol. The van der Waals surface area contributed by atoms with Crippen molar-refractivity contribution < 1.29 is 23.8 Å². The van der Waals surface area contributed by atoms with Crippen LogP contribution in [0.25, 0.3) is 0 Å². The van der Waals surface area contributed by atoms with Gasteiger partial charge in [-0.05, 0) is 26.4 Å². The Hall–Kier alpha value is -0.710. The summed E-state index contributed by atoms with van der Waals surface area (Å²) in [6, 6.07) is 0. The summed E-state index contributed by atoms with van der Waals surface area (Å²) in [6.07, 6.45) is 3.20. The number of rotatable bonds is 10. The van der Waals surface area contributed by atoms with Crippen molar-refractivity contribution in [2.45, 2.75) is 57.8 Å². The van der Waals surface area contributed by atoms with E-state index in [2.05, 4.69) is 14.6 Å². The summed E-state index contributed by atoms with van der Waals surface area (Å²) < 4.78 is 16.4. The van der Waals surface area contributed by atoms with Crippen molar-refractivity contribution in [1.29, 1.82) is 0 Å². The summed E-state index contributed by atoms with van der Waals surface area (Å²) in [7, 11) is 2.63. The summed E-state index contributed by atoms with van der Waals surface area (Å²) in [5.74, 6) is -1.10. The second kappa shape index (κ2) is 10.1. The molecule has 0 radical (unpaired) electrons. The van der Waals surface area contributed by atoms with E-state index in [1.807, 2.05) is 13.8 Å². The quantitative estimate of drug-likeness (QED) is 0.374. The highest BCUT2D eigenvalue weighted by molar-refractivity contribution is 7.16. The Labute approximate surface area is 134 Å². The molecule has 0 aliphatic carbocycles. The van der Waals surface area contributed by atoms with Gasteiger partial charge in [0.2, 0.25) is 5.91 Å². The second-order valence-electron chi connectivity index (χ2n) is 5.64. The molecule has 1 saturated heterocycles. The minimum atomic E-state index is -0.825. The van der Waals surface area contributed by atoms with Crippen LogP contribution in [0.5, 0.6) is 0 Å². The van der Waals surface area contributed by atoms with Crippen molar-refractivity contribution in [3.8, 4) is 0 Å². The first kappa shape index (κ1) is 19.3. The topological polar surface area (TPSA) is 73.9 Å². The van der Waals surface area contributed by atoms with E-state index in [1.54, 1.807) is 0 Å². The molecule has 1 aliphatic rings. The Morgan fingerprint density at radius 1 is 1.23 bits per heavy atom. The van der Waals surface area contributed by atoms with Crippen molar-refractivity contribution >= 4 is 21.1 Å². The van der Waals surface area contributed by atoms with Crippen LogP contribution in [-0.2, 0) is 23.8 Å². The van der Waals surface area contributed by atoms with Gasteiger partial charge in [0, 0.05) is 25.8 Å². The van der Waals surface area contributed by atoms with Crippen LogP contribution in [0.3, 0.4) is 0 Å². The van der Waals surface area contributed by atoms with Crippen molar-refractivity contribution in [3.63, 3.8) is 0 Å². The van der Waals surface area contributed by atoms with E-state index in [-0.39, 0.29) is 24.4 Å². The molecule has 1 unspecified atom stereocenters. The number of carbonyl (C=O) groups excluding carboxylic acids is 2. The Bertz CT molecular complexity index is 356. The maximum atomic E-state index is 11.8. The molecule has 1 heterocycles. The van der Waals surface area contributed by atoms with Gasteiger partial charge in [0.05, 0.1) is 25.7 Å². The molecule has 1 amide bonds. The summed E-state index contributed by atoms with van der Waals surface area (Å²) in [5, 5.41) is 2.86. The SMILES string of the molecule is CC(C)OC(=O)CCC1(CCC(=O)NCCCP)OCCO1. The second-order valence-corrected chi connectivity index (χ2v) is 6.22. The molecule has 0 aromatic rings. The van der Waals surface area contributed by atoms with Gasteiger partial charge in [0.25, 0.3) is 0 Å². The van der Waals surface area contributed by atoms with Gasteiger partial charge in [-0.3, -0.25) is 9.59 Å². The lowest BCUT2D eigenvalue weighted by Crippen LogP contribution is -2.34. The van der Waals surface area contributed by atoms with Crippen molar-refractivity contribution in [2.75, 3.05) is 25.9 Å². The van der Waals surface area contributed by atoms with Gasteiger partial charge in [-0.25, -0.2) is 0 Å². The van der Waals surface area contributed by atoms with E-state index in [4.69, 9.17) is 14.2 Å². The molecule has 0 saturated carbocycles. The maximum Gasteiger partial charge on any atom is 0.306 e. The lowest BCUT2D eigenvalue weighted by Gasteiger charge is -2.27. The van der Waals surface area contributed by atoms with E-state index in [0.717, 1.165) is 12.6 Å². The average Bonchev–Trinajstić information content (AvgIpc) is 2.92. The molecule has 6 nitrogen and oxygen atoms in total. The predicted octanol–water partition coefficient (Wildman–Crippen LogP) is 1.62. The Morgan fingerprint density at radius 2 is 1.86 bits per heavy atom. The Kier molecular flexibility index (Phi) is 8.91. The summed E-state index contributed by atoms with van der Waals surface area (Å²) >= 11 is 0. The number of esters is 1. The molecule has 22 heavy (non-hydrogen) atoms. The minimum absolute atomic E-state index is 0.0123. The van der Waals surface area contributed by atoms with E-state index in [9.17, 15) is 9.59 Å². The van der Waals surface area contributed by atoms with Crippen molar-refractivity contribution in [1.82, 2.24) is 5.32 Å². The predicted molar refractivity (Wildman–Crippen MR) is 86.5 cm³/mol. The first-order valence-electron chi connectivity index (χ1n) is 7.91. The summed E-state index contributed by atoms with van der Waals surface area (Å²) in [5.41, 5.74) is 0. The van der Waals surface area contributed by atoms with Crippen LogP contribution < -0.4 is 5.32 Å². The maximum absolute atomic E-state index is 11.8. The van der Waals surface area contributed by atoms with Crippen molar-refractivity contribution in [3.05, 3.63) is 0 Å². The number of ether oxygens (including phenoxy) is 3. The van der Waals surface area contributed by atoms with Crippen molar-refractivity contribution in [2.24, 2.45) is 0 Å². The highest BCUT2D eigenvalue weighted by atomic mass is 31.0. The van der Waals surface area contributed by atoms with Gasteiger partial charge in [-0.1, -0.05) is 0 Å². The van der Waals surface area contributed by atoms with E-state index >= 15 is 0 Å². The molecule has 1 atom stereocenters. The summed E-state index contributed by atoms with van der Waals surface area (Å²) in [6.45, 7) is 5.30. The third-order valence-electron chi connectivity index (χ3n) is 3.33. The van der Waals surface area contributed by atoms with Crippen LogP contribution in [-0.4, -0.2) is 49.7 Å². The molecule has 1 N–H and O–H groups in total. The molecule has 0 bridgehead atoms. The number of carbonyl (C=O) groups is 2. The fourth-order valence-electron chi connectivity index (χ4n) is 2.25. The zero-order valence-electron chi connectivity index (χ0n) is 13.6. The molecular formula is C15H28NO5P. The van der Waals surface area contributed by atoms with E-state index in [1.165, 1.54) is 0 Å². The molecule has 7 heteroatoms. The fourth-order valence-corrected chi connectivity index (χ4v) is 2.45. The fraction of sp³-hybridized carbons (Fsp3) is 0.867. The highest BCUT2D eigenvalue weighted by Crippen LogP contribution is 2.30. The zero-order chi connectivity index (χ0) is 16.4. The van der Waals surface area contributed by atoms with Crippen LogP contribution in [0.1, 0.15) is 46.0 Å². The van der Waals surface area contributed by atoms with Gasteiger partial charge in [0.1, 0.15) is 0 Å². The number of nitrogens with one attached hydrogen (secondary N) is 1. The molecule has 128 valence electrons. The largest absolute Gasteiger partial charge is 0.463 e. The highest BCUT2D eigenvalue weighted by Gasteiger charge is 2.37.